The van der Waals surface area contributed by atoms with Gasteiger partial charge in [-0.3, -0.25) is 0 Å². The van der Waals surface area contributed by atoms with Crippen molar-refractivity contribution in [2.45, 2.75) is 20.2 Å². The first kappa shape index (κ1) is 17.6. The Bertz CT molecular complexity index is 318. The number of halogens is 3. The van der Waals surface area contributed by atoms with E-state index in [0.717, 1.165) is 6.92 Å². The summed E-state index contributed by atoms with van der Waals surface area (Å²) in [5, 5.41) is 0. The molecule has 4 nitrogen and oxygen atoms in total. The zero-order valence-corrected chi connectivity index (χ0v) is 9.68. The minimum absolute atomic E-state index is 0.280. The molecule has 0 amide bonds. The van der Waals surface area contributed by atoms with Crippen LogP contribution in [0.1, 0.15) is 13.8 Å². The molecule has 0 aromatic rings. The molecule has 0 heterocycles. The van der Waals surface area contributed by atoms with Crippen LogP contribution in [0.15, 0.2) is 24.3 Å². The largest absolute Gasteiger partial charge is 0.575 e. The fourth-order valence-corrected chi connectivity index (χ4v) is 0.366. The van der Waals surface area contributed by atoms with E-state index in [-0.39, 0.29) is 11.5 Å². The van der Waals surface area contributed by atoms with Crippen LogP contribution in [0.4, 0.5) is 13.2 Å². The smallest absolute Gasteiger partial charge is 0.466 e. The maximum atomic E-state index is 11.2. The molecular formula is C10H13F3O4. The van der Waals surface area contributed by atoms with Gasteiger partial charge in [0, 0.05) is 11.1 Å². The number of carbonyl (C=O) groups excluding carboxylic acids is 2. The molecule has 0 aromatic heterocycles. The van der Waals surface area contributed by atoms with Gasteiger partial charge in [-0.25, -0.2) is 9.59 Å². The number of hydrogen-bond donors (Lipinski definition) is 0. The average Bonchev–Trinajstić information content (AvgIpc) is 2.14. The van der Waals surface area contributed by atoms with E-state index < -0.39 is 12.3 Å². The maximum absolute atomic E-state index is 11.2. The second-order valence-electron chi connectivity index (χ2n) is 2.89. The van der Waals surface area contributed by atoms with E-state index in [0.29, 0.717) is 5.57 Å². The highest BCUT2D eigenvalue weighted by atomic mass is 19.4. The van der Waals surface area contributed by atoms with Crippen LogP contribution >= 0.6 is 0 Å². The van der Waals surface area contributed by atoms with Gasteiger partial charge in [0.15, 0.2) is 0 Å². The Morgan fingerprint density at radius 2 is 1.35 bits per heavy atom. The summed E-state index contributed by atoms with van der Waals surface area (Å²) in [7, 11) is 1.33. The van der Waals surface area contributed by atoms with Crippen LogP contribution in [0.3, 0.4) is 0 Å². The summed E-state index contributed by atoms with van der Waals surface area (Å²) in [6, 6.07) is 0. The topological polar surface area (TPSA) is 52.6 Å². The third-order valence-corrected chi connectivity index (χ3v) is 1.09. The quantitative estimate of drug-likeness (QED) is 0.560. The molecule has 0 bridgehead atoms. The highest BCUT2D eigenvalue weighted by Gasteiger charge is 2.33. The summed E-state index contributed by atoms with van der Waals surface area (Å²) in [6.07, 6.45) is -4.91. The van der Waals surface area contributed by atoms with Gasteiger partial charge in [-0.1, -0.05) is 13.2 Å². The van der Waals surface area contributed by atoms with Gasteiger partial charge in [-0.05, 0) is 13.8 Å². The normalized spacial score (nSPS) is 9.53. The molecule has 98 valence electrons. The summed E-state index contributed by atoms with van der Waals surface area (Å²) < 4.78 is 40.8. The molecular weight excluding hydrogens is 241 g/mol. The summed E-state index contributed by atoms with van der Waals surface area (Å²) in [5.41, 5.74) is 0.153. The minimum atomic E-state index is -4.91. The van der Waals surface area contributed by atoms with Gasteiger partial charge in [-0.15, -0.1) is 13.2 Å². The van der Waals surface area contributed by atoms with Crippen LogP contribution in [-0.4, -0.2) is 25.4 Å². The monoisotopic (exact) mass is 254 g/mol. The van der Waals surface area contributed by atoms with Crippen LogP contribution in [0.5, 0.6) is 0 Å². The van der Waals surface area contributed by atoms with Crippen molar-refractivity contribution >= 4 is 11.9 Å². The number of ether oxygens (including phenoxy) is 2. The number of methoxy groups -OCH3 is 1. The third-order valence-electron chi connectivity index (χ3n) is 1.09. The van der Waals surface area contributed by atoms with Crippen molar-refractivity contribution in [3.05, 3.63) is 24.3 Å². The minimum Gasteiger partial charge on any atom is -0.466 e. The molecule has 0 rings (SSSR count). The van der Waals surface area contributed by atoms with E-state index in [9.17, 15) is 22.8 Å². The molecule has 0 aromatic carbocycles. The second-order valence-corrected chi connectivity index (χ2v) is 2.89. The molecule has 0 N–H and O–H groups in total. The first-order chi connectivity index (χ1) is 7.51. The summed E-state index contributed by atoms with van der Waals surface area (Å²) >= 11 is 0. The van der Waals surface area contributed by atoms with Crippen molar-refractivity contribution < 1.29 is 32.2 Å². The predicted octanol–water partition coefficient (Wildman–Crippen LogP) is 2.36. The Kier molecular flexibility index (Phi) is 7.74. The molecule has 0 aliphatic heterocycles. The zero-order valence-electron chi connectivity index (χ0n) is 9.68. The Hall–Kier alpha value is -1.79. The van der Waals surface area contributed by atoms with Crippen LogP contribution < -0.4 is 0 Å². The third kappa shape index (κ3) is 12.1. The molecule has 0 unspecified atom stereocenters. The number of carbonyl (C=O) groups is 2. The molecule has 0 saturated heterocycles. The number of alkyl halides is 3. The van der Waals surface area contributed by atoms with Crippen LogP contribution in [-0.2, 0) is 19.1 Å². The van der Waals surface area contributed by atoms with Crippen LogP contribution in [0.2, 0.25) is 0 Å². The fourth-order valence-electron chi connectivity index (χ4n) is 0.366. The van der Waals surface area contributed by atoms with E-state index in [4.69, 9.17) is 0 Å². The second kappa shape index (κ2) is 7.48. The van der Waals surface area contributed by atoms with Crippen molar-refractivity contribution in [3.63, 3.8) is 0 Å². The lowest BCUT2D eigenvalue weighted by Gasteiger charge is -2.05. The Morgan fingerprint density at radius 1 is 1.00 bits per heavy atom. The van der Waals surface area contributed by atoms with Gasteiger partial charge in [-0.2, -0.15) is 0 Å². The Morgan fingerprint density at radius 3 is 1.41 bits per heavy atom. The van der Waals surface area contributed by atoms with E-state index in [1.54, 1.807) is 6.92 Å². The molecule has 0 spiro atoms. The van der Waals surface area contributed by atoms with Crippen LogP contribution in [0.25, 0.3) is 0 Å². The van der Waals surface area contributed by atoms with E-state index in [1.165, 1.54) is 7.11 Å². The number of esters is 2. The van der Waals surface area contributed by atoms with Crippen molar-refractivity contribution in [1.82, 2.24) is 0 Å². The molecule has 0 aliphatic carbocycles. The SMILES string of the molecule is C=C(C)C(=O)OC.C=C(C)C(=O)OC(F)(F)F. The Labute approximate surface area is 96.7 Å². The van der Waals surface area contributed by atoms with Gasteiger partial charge < -0.3 is 9.47 Å². The van der Waals surface area contributed by atoms with Gasteiger partial charge in [0.1, 0.15) is 0 Å². The van der Waals surface area contributed by atoms with Gasteiger partial charge in [0.2, 0.25) is 0 Å². The summed E-state index contributed by atoms with van der Waals surface area (Å²) in [5.74, 6) is -1.80. The summed E-state index contributed by atoms with van der Waals surface area (Å²) in [6.45, 7) is 9.05. The van der Waals surface area contributed by atoms with Crippen molar-refractivity contribution in [2.24, 2.45) is 0 Å². The molecule has 17 heavy (non-hydrogen) atoms. The lowest BCUT2D eigenvalue weighted by molar-refractivity contribution is -0.303. The molecule has 0 atom stereocenters. The average molecular weight is 254 g/mol. The van der Waals surface area contributed by atoms with Crippen LogP contribution in [0, 0.1) is 0 Å². The lowest BCUT2D eigenvalue weighted by Crippen LogP contribution is -2.19. The van der Waals surface area contributed by atoms with E-state index in [2.05, 4.69) is 22.6 Å². The molecule has 0 saturated carbocycles. The predicted molar refractivity (Wildman–Crippen MR) is 53.8 cm³/mol. The fraction of sp³-hybridized carbons (Fsp3) is 0.400. The first-order valence-electron chi connectivity index (χ1n) is 4.20. The van der Waals surface area contributed by atoms with Crippen molar-refractivity contribution in [1.29, 1.82) is 0 Å². The van der Waals surface area contributed by atoms with Gasteiger partial charge in [0.05, 0.1) is 7.11 Å². The van der Waals surface area contributed by atoms with E-state index >= 15 is 0 Å². The maximum Gasteiger partial charge on any atom is 0.575 e. The molecule has 0 aliphatic rings. The highest BCUT2D eigenvalue weighted by Crippen LogP contribution is 2.17. The standard InChI is InChI=1S/C5H5F3O2.C5H8O2/c1-3(2)4(9)10-5(6,7)8;1-4(2)5(6)7-3/h1H2,2H3;1H2,2-3H3. The Balaban J connectivity index is 0. The highest BCUT2D eigenvalue weighted by molar-refractivity contribution is 5.87. The number of hydrogen-bond acceptors (Lipinski definition) is 4. The zero-order chi connectivity index (χ0) is 14.2. The summed E-state index contributed by atoms with van der Waals surface area (Å²) in [4.78, 5) is 20.3. The lowest BCUT2D eigenvalue weighted by atomic mass is 10.4. The van der Waals surface area contributed by atoms with Crippen molar-refractivity contribution in [3.8, 4) is 0 Å². The van der Waals surface area contributed by atoms with E-state index in [1.807, 2.05) is 0 Å². The molecule has 7 heteroatoms. The first-order valence-corrected chi connectivity index (χ1v) is 4.20. The van der Waals surface area contributed by atoms with Gasteiger partial charge in [0.25, 0.3) is 0 Å². The van der Waals surface area contributed by atoms with Gasteiger partial charge >= 0.3 is 18.3 Å². The number of rotatable bonds is 2. The van der Waals surface area contributed by atoms with Crippen molar-refractivity contribution in [2.75, 3.05) is 7.11 Å². The molecule has 0 radical (unpaired) electrons. The molecule has 0 fully saturated rings.